The molecule has 3 aromatic heterocycles. The zero-order valence-electron chi connectivity index (χ0n) is 13.0. The van der Waals surface area contributed by atoms with E-state index in [4.69, 9.17) is 4.42 Å². The fourth-order valence-corrected chi connectivity index (χ4v) is 2.63. The Bertz CT molecular complexity index is 966. The van der Waals surface area contributed by atoms with Crippen molar-refractivity contribution in [3.63, 3.8) is 0 Å². The molecule has 1 aromatic carbocycles. The van der Waals surface area contributed by atoms with Crippen molar-refractivity contribution in [3.05, 3.63) is 65.9 Å². The number of benzene rings is 1. The number of imidazole rings is 1. The van der Waals surface area contributed by atoms with Crippen molar-refractivity contribution < 1.29 is 4.42 Å². The fourth-order valence-electron chi connectivity index (χ4n) is 2.63. The topological polar surface area (TPSA) is 56.7 Å². The summed E-state index contributed by atoms with van der Waals surface area (Å²) < 4.78 is 7.71. The van der Waals surface area contributed by atoms with Gasteiger partial charge in [0.25, 0.3) is 0 Å². The Labute approximate surface area is 133 Å². The molecule has 0 amide bonds. The van der Waals surface area contributed by atoms with Gasteiger partial charge in [-0.3, -0.25) is 0 Å². The van der Waals surface area contributed by atoms with Gasteiger partial charge in [-0.05, 0) is 31.5 Å². The standard InChI is InChI=1S/C18H16N4O/c1-12-3-6-14(7-4-12)9-22-11-21-17-16(19-10-20-18(17)22)15-8-5-13(2)23-15/h3-8,10-11H,9H2,1-2H3. The lowest BCUT2D eigenvalue weighted by atomic mass is 10.1. The minimum Gasteiger partial charge on any atom is -0.460 e. The van der Waals surface area contributed by atoms with Crippen LogP contribution >= 0.6 is 0 Å². The lowest BCUT2D eigenvalue weighted by Crippen LogP contribution is -1.99. The Morgan fingerprint density at radius 2 is 1.78 bits per heavy atom. The smallest absolute Gasteiger partial charge is 0.164 e. The zero-order chi connectivity index (χ0) is 15.8. The lowest BCUT2D eigenvalue weighted by Gasteiger charge is -2.05. The van der Waals surface area contributed by atoms with Crippen molar-refractivity contribution in [2.75, 3.05) is 0 Å². The van der Waals surface area contributed by atoms with Crippen LogP contribution in [0.25, 0.3) is 22.6 Å². The van der Waals surface area contributed by atoms with Gasteiger partial charge in [-0.25, -0.2) is 15.0 Å². The zero-order valence-corrected chi connectivity index (χ0v) is 13.0. The molecule has 0 aliphatic carbocycles. The van der Waals surface area contributed by atoms with E-state index in [0.717, 1.165) is 34.9 Å². The summed E-state index contributed by atoms with van der Waals surface area (Å²) in [5, 5.41) is 0. The molecule has 5 nitrogen and oxygen atoms in total. The summed E-state index contributed by atoms with van der Waals surface area (Å²) >= 11 is 0. The molecular weight excluding hydrogens is 288 g/mol. The van der Waals surface area contributed by atoms with E-state index in [9.17, 15) is 0 Å². The van der Waals surface area contributed by atoms with E-state index in [0.29, 0.717) is 0 Å². The summed E-state index contributed by atoms with van der Waals surface area (Å²) in [5.41, 5.74) is 4.76. The molecule has 114 valence electrons. The third-order valence-electron chi connectivity index (χ3n) is 3.85. The number of aryl methyl sites for hydroxylation is 2. The molecule has 0 unspecified atom stereocenters. The van der Waals surface area contributed by atoms with E-state index in [1.54, 1.807) is 12.7 Å². The third-order valence-corrected chi connectivity index (χ3v) is 3.85. The van der Waals surface area contributed by atoms with Gasteiger partial charge in [0.05, 0.1) is 12.9 Å². The first-order chi connectivity index (χ1) is 11.2. The van der Waals surface area contributed by atoms with E-state index >= 15 is 0 Å². The number of fused-ring (bicyclic) bond motifs is 1. The van der Waals surface area contributed by atoms with E-state index in [1.165, 1.54) is 11.1 Å². The van der Waals surface area contributed by atoms with Gasteiger partial charge in [0.2, 0.25) is 0 Å². The van der Waals surface area contributed by atoms with E-state index < -0.39 is 0 Å². The predicted molar refractivity (Wildman–Crippen MR) is 88.0 cm³/mol. The second-order valence-electron chi connectivity index (χ2n) is 5.66. The quantitative estimate of drug-likeness (QED) is 0.578. The highest BCUT2D eigenvalue weighted by Crippen LogP contribution is 2.26. The number of hydrogen-bond donors (Lipinski definition) is 0. The Morgan fingerprint density at radius 3 is 2.52 bits per heavy atom. The summed E-state index contributed by atoms with van der Waals surface area (Å²) in [4.78, 5) is 13.2. The summed E-state index contributed by atoms with van der Waals surface area (Å²) in [6.45, 7) is 4.73. The number of hydrogen-bond acceptors (Lipinski definition) is 4. The Hall–Kier alpha value is -2.95. The molecule has 3 heterocycles. The largest absolute Gasteiger partial charge is 0.460 e. The van der Waals surface area contributed by atoms with Crippen molar-refractivity contribution in [2.45, 2.75) is 20.4 Å². The van der Waals surface area contributed by atoms with Gasteiger partial charge in [0.15, 0.2) is 11.4 Å². The maximum absolute atomic E-state index is 5.68. The summed E-state index contributed by atoms with van der Waals surface area (Å²) in [5.74, 6) is 1.57. The first-order valence-corrected chi connectivity index (χ1v) is 7.49. The van der Waals surface area contributed by atoms with Gasteiger partial charge >= 0.3 is 0 Å². The van der Waals surface area contributed by atoms with Crippen LogP contribution in [0, 0.1) is 13.8 Å². The molecule has 0 N–H and O–H groups in total. The van der Waals surface area contributed by atoms with Gasteiger partial charge < -0.3 is 8.98 Å². The number of aromatic nitrogens is 4. The number of rotatable bonds is 3. The van der Waals surface area contributed by atoms with Gasteiger partial charge in [-0.2, -0.15) is 0 Å². The Balaban J connectivity index is 1.76. The molecule has 0 spiro atoms. The van der Waals surface area contributed by atoms with Crippen molar-refractivity contribution >= 4 is 11.2 Å². The molecule has 0 radical (unpaired) electrons. The van der Waals surface area contributed by atoms with Crippen LogP contribution in [0.3, 0.4) is 0 Å². The average molecular weight is 304 g/mol. The first-order valence-electron chi connectivity index (χ1n) is 7.49. The van der Waals surface area contributed by atoms with Crippen molar-refractivity contribution in [3.8, 4) is 11.5 Å². The predicted octanol–water partition coefficient (Wildman–Crippen LogP) is 3.75. The average Bonchev–Trinajstić information content (AvgIpc) is 3.16. The van der Waals surface area contributed by atoms with Gasteiger partial charge in [0.1, 0.15) is 23.3 Å². The first kappa shape index (κ1) is 13.7. The monoisotopic (exact) mass is 304 g/mol. The molecule has 0 saturated carbocycles. The van der Waals surface area contributed by atoms with E-state index in [2.05, 4.69) is 46.1 Å². The number of nitrogens with zero attached hydrogens (tertiary/aromatic N) is 4. The summed E-state index contributed by atoms with van der Waals surface area (Å²) in [6, 6.07) is 12.3. The van der Waals surface area contributed by atoms with E-state index in [-0.39, 0.29) is 0 Å². The Kier molecular flexibility index (Phi) is 3.19. The van der Waals surface area contributed by atoms with Crippen molar-refractivity contribution in [1.82, 2.24) is 19.5 Å². The van der Waals surface area contributed by atoms with Gasteiger partial charge in [-0.1, -0.05) is 29.8 Å². The minimum atomic E-state index is 0.718. The molecule has 0 aliphatic rings. The highest BCUT2D eigenvalue weighted by molar-refractivity contribution is 5.85. The molecule has 5 heteroatoms. The van der Waals surface area contributed by atoms with Crippen LogP contribution < -0.4 is 0 Å². The van der Waals surface area contributed by atoms with Crippen LogP contribution in [0.1, 0.15) is 16.9 Å². The highest BCUT2D eigenvalue weighted by Gasteiger charge is 2.14. The van der Waals surface area contributed by atoms with Crippen LogP contribution in [-0.2, 0) is 6.54 Å². The maximum atomic E-state index is 5.68. The van der Waals surface area contributed by atoms with Gasteiger partial charge in [-0.15, -0.1) is 0 Å². The molecule has 4 rings (SSSR count). The molecular formula is C18H16N4O. The van der Waals surface area contributed by atoms with Gasteiger partial charge in [0, 0.05) is 0 Å². The van der Waals surface area contributed by atoms with Crippen molar-refractivity contribution in [2.24, 2.45) is 0 Å². The second-order valence-corrected chi connectivity index (χ2v) is 5.66. The van der Waals surface area contributed by atoms with Crippen LogP contribution in [0.5, 0.6) is 0 Å². The molecule has 0 fully saturated rings. The normalized spacial score (nSPS) is 11.2. The van der Waals surface area contributed by atoms with E-state index in [1.807, 2.05) is 23.6 Å². The lowest BCUT2D eigenvalue weighted by molar-refractivity contribution is 0.547. The van der Waals surface area contributed by atoms with Crippen LogP contribution in [-0.4, -0.2) is 19.5 Å². The molecule has 0 atom stereocenters. The van der Waals surface area contributed by atoms with Crippen molar-refractivity contribution in [1.29, 1.82) is 0 Å². The fraction of sp³-hybridized carbons (Fsp3) is 0.167. The minimum absolute atomic E-state index is 0.718. The summed E-state index contributed by atoms with van der Waals surface area (Å²) in [6.07, 6.45) is 3.36. The van der Waals surface area contributed by atoms with Crippen LogP contribution in [0.4, 0.5) is 0 Å². The van der Waals surface area contributed by atoms with Crippen LogP contribution in [0.2, 0.25) is 0 Å². The third kappa shape index (κ3) is 2.50. The SMILES string of the molecule is Cc1ccc(Cn2cnc3c(-c4ccc(C)o4)ncnc32)cc1. The molecule has 0 bridgehead atoms. The summed E-state index contributed by atoms with van der Waals surface area (Å²) in [7, 11) is 0. The molecule has 4 aromatic rings. The molecule has 0 saturated heterocycles. The molecule has 23 heavy (non-hydrogen) atoms. The Morgan fingerprint density at radius 1 is 0.957 bits per heavy atom. The number of furan rings is 1. The maximum Gasteiger partial charge on any atom is 0.164 e. The van der Waals surface area contributed by atoms with Crippen LogP contribution in [0.15, 0.2) is 53.5 Å². The molecule has 0 aliphatic heterocycles. The second kappa shape index (κ2) is 5.35. The highest BCUT2D eigenvalue weighted by atomic mass is 16.3.